The average molecular weight is 297 g/mol. The van der Waals surface area contributed by atoms with E-state index in [1.54, 1.807) is 0 Å². The highest BCUT2D eigenvalue weighted by molar-refractivity contribution is 5.62. The molecule has 1 aliphatic rings. The van der Waals surface area contributed by atoms with Crippen LogP contribution in [0.1, 0.15) is 37.3 Å². The highest BCUT2D eigenvalue weighted by Gasteiger charge is 2.33. The molecule has 0 aromatic heterocycles. The van der Waals surface area contributed by atoms with Gasteiger partial charge < -0.3 is 10.6 Å². The molecule has 21 heavy (non-hydrogen) atoms. The SMILES string of the molecule is CC1CCCC(CN)N1c1ccc(C(F)(F)F)cc1C#N. The van der Waals surface area contributed by atoms with Crippen molar-refractivity contribution < 1.29 is 13.2 Å². The maximum atomic E-state index is 12.8. The van der Waals surface area contributed by atoms with E-state index < -0.39 is 11.7 Å². The van der Waals surface area contributed by atoms with E-state index in [1.807, 2.05) is 17.9 Å². The third-order valence-electron chi connectivity index (χ3n) is 4.02. The van der Waals surface area contributed by atoms with E-state index in [4.69, 9.17) is 5.73 Å². The van der Waals surface area contributed by atoms with E-state index in [0.29, 0.717) is 12.2 Å². The molecular weight excluding hydrogens is 279 g/mol. The first kappa shape index (κ1) is 15.6. The quantitative estimate of drug-likeness (QED) is 0.911. The minimum Gasteiger partial charge on any atom is -0.364 e. The third kappa shape index (κ3) is 3.13. The molecule has 114 valence electrons. The van der Waals surface area contributed by atoms with E-state index in [-0.39, 0.29) is 17.6 Å². The Balaban J connectivity index is 2.45. The van der Waals surface area contributed by atoms with Gasteiger partial charge in [0.2, 0.25) is 0 Å². The fourth-order valence-electron chi connectivity index (χ4n) is 2.98. The summed E-state index contributed by atoms with van der Waals surface area (Å²) < 4.78 is 38.3. The molecule has 1 fully saturated rings. The molecule has 0 spiro atoms. The molecule has 0 aliphatic carbocycles. The van der Waals surface area contributed by atoms with E-state index in [1.165, 1.54) is 6.07 Å². The van der Waals surface area contributed by atoms with Crippen molar-refractivity contribution in [1.29, 1.82) is 5.26 Å². The van der Waals surface area contributed by atoms with E-state index in [2.05, 4.69) is 0 Å². The van der Waals surface area contributed by atoms with Crippen LogP contribution in [0.4, 0.5) is 18.9 Å². The minimum absolute atomic E-state index is 0.0528. The first-order valence-corrected chi connectivity index (χ1v) is 6.98. The molecule has 0 amide bonds. The molecule has 1 aliphatic heterocycles. The molecule has 1 aromatic rings. The first-order chi connectivity index (χ1) is 9.88. The van der Waals surface area contributed by atoms with Gasteiger partial charge in [-0.15, -0.1) is 0 Å². The number of alkyl halides is 3. The van der Waals surface area contributed by atoms with Gasteiger partial charge in [0.1, 0.15) is 6.07 Å². The fraction of sp³-hybridized carbons (Fsp3) is 0.533. The largest absolute Gasteiger partial charge is 0.416 e. The second kappa shape index (κ2) is 5.94. The van der Waals surface area contributed by atoms with Crippen molar-refractivity contribution >= 4 is 5.69 Å². The van der Waals surface area contributed by atoms with Gasteiger partial charge in [-0.1, -0.05) is 0 Å². The molecule has 1 heterocycles. The van der Waals surface area contributed by atoms with Crippen LogP contribution >= 0.6 is 0 Å². The lowest BCUT2D eigenvalue weighted by molar-refractivity contribution is -0.137. The van der Waals surface area contributed by atoms with Crippen molar-refractivity contribution in [3.05, 3.63) is 29.3 Å². The lowest BCUT2D eigenvalue weighted by atomic mass is 9.94. The number of hydrogen-bond acceptors (Lipinski definition) is 3. The van der Waals surface area contributed by atoms with E-state index >= 15 is 0 Å². The van der Waals surface area contributed by atoms with Crippen LogP contribution in [0.25, 0.3) is 0 Å². The number of halogens is 3. The Morgan fingerprint density at radius 1 is 1.38 bits per heavy atom. The molecule has 0 bridgehead atoms. The maximum Gasteiger partial charge on any atom is 0.416 e. The summed E-state index contributed by atoms with van der Waals surface area (Å²) in [6, 6.07) is 5.47. The van der Waals surface area contributed by atoms with Crippen molar-refractivity contribution in [2.45, 2.75) is 44.4 Å². The van der Waals surface area contributed by atoms with Crippen LogP contribution in [0, 0.1) is 11.3 Å². The molecule has 3 nitrogen and oxygen atoms in total. The summed E-state index contributed by atoms with van der Waals surface area (Å²) >= 11 is 0. The summed E-state index contributed by atoms with van der Waals surface area (Å²) in [6.07, 6.45) is -1.55. The molecule has 2 N–H and O–H groups in total. The maximum absolute atomic E-state index is 12.8. The van der Waals surface area contributed by atoms with Crippen molar-refractivity contribution in [3.8, 4) is 6.07 Å². The Labute approximate surface area is 122 Å². The predicted molar refractivity (Wildman–Crippen MR) is 74.8 cm³/mol. The van der Waals surface area contributed by atoms with Crippen LogP contribution in [0.2, 0.25) is 0 Å². The van der Waals surface area contributed by atoms with Gasteiger partial charge in [-0.2, -0.15) is 18.4 Å². The van der Waals surface area contributed by atoms with Crippen molar-refractivity contribution in [2.75, 3.05) is 11.4 Å². The van der Waals surface area contributed by atoms with Gasteiger partial charge >= 0.3 is 6.18 Å². The van der Waals surface area contributed by atoms with Crippen molar-refractivity contribution in [1.82, 2.24) is 0 Å². The number of nitrogens with two attached hydrogens (primary N) is 1. The number of nitriles is 1. The van der Waals surface area contributed by atoms with Crippen LogP contribution in [0.15, 0.2) is 18.2 Å². The van der Waals surface area contributed by atoms with Crippen LogP contribution in [-0.4, -0.2) is 18.6 Å². The number of benzene rings is 1. The number of piperidine rings is 1. The summed E-state index contributed by atoms with van der Waals surface area (Å²) in [5.41, 5.74) is 5.59. The lowest BCUT2D eigenvalue weighted by Crippen LogP contribution is -2.49. The highest BCUT2D eigenvalue weighted by Crippen LogP contribution is 2.36. The molecule has 1 saturated heterocycles. The van der Waals surface area contributed by atoms with Crippen LogP contribution < -0.4 is 10.6 Å². The van der Waals surface area contributed by atoms with E-state index in [9.17, 15) is 18.4 Å². The number of rotatable bonds is 2. The minimum atomic E-state index is -4.44. The monoisotopic (exact) mass is 297 g/mol. The smallest absolute Gasteiger partial charge is 0.364 e. The summed E-state index contributed by atoms with van der Waals surface area (Å²) in [5, 5.41) is 9.21. The summed E-state index contributed by atoms with van der Waals surface area (Å²) in [7, 11) is 0. The summed E-state index contributed by atoms with van der Waals surface area (Å²) in [6.45, 7) is 2.44. The van der Waals surface area contributed by atoms with Crippen LogP contribution in [-0.2, 0) is 6.18 Å². The van der Waals surface area contributed by atoms with Gasteiger partial charge in [0.05, 0.1) is 16.8 Å². The average Bonchev–Trinajstić information content (AvgIpc) is 2.45. The normalized spacial score (nSPS) is 23.0. The van der Waals surface area contributed by atoms with Gasteiger partial charge in [0, 0.05) is 18.6 Å². The first-order valence-electron chi connectivity index (χ1n) is 6.98. The van der Waals surface area contributed by atoms with Gasteiger partial charge in [0.25, 0.3) is 0 Å². The highest BCUT2D eigenvalue weighted by atomic mass is 19.4. The van der Waals surface area contributed by atoms with Crippen LogP contribution in [0.3, 0.4) is 0 Å². The zero-order valence-electron chi connectivity index (χ0n) is 11.8. The van der Waals surface area contributed by atoms with Crippen LogP contribution in [0.5, 0.6) is 0 Å². The fourth-order valence-corrected chi connectivity index (χ4v) is 2.98. The topological polar surface area (TPSA) is 53.0 Å². The third-order valence-corrected chi connectivity index (χ3v) is 4.02. The van der Waals surface area contributed by atoms with Gasteiger partial charge in [-0.05, 0) is 44.4 Å². The molecule has 2 atom stereocenters. The van der Waals surface area contributed by atoms with Gasteiger partial charge in [-0.3, -0.25) is 0 Å². The summed E-state index contributed by atoms with van der Waals surface area (Å²) in [4.78, 5) is 2.00. The Morgan fingerprint density at radius 2 is 2.10 bits per heavy atom. The van der Waals surface area contributed by atoms with Crippen molar-refractivity contribution in [3.63, 3.8) is 0 Å². The Bertz CT molecular complexity index is 548. The molecule has 0 saturated carbocycles. The second-order valence-corrected chi connectivity index (χ2v) is 5.42. The molecule has 6 heteroatoms. The second-order valence-electron chi connectivity index (χ2n) is 5.42. The number of nitrogens with zero attached hydrogens (tertiary/aromatic N) is 2. The van der Waals surface area contributed by atoms with E-state index in [0.717, 1.165) is 31.4 Å². The molecule has 2 unspecified atom stereocenters. The number of hydrogen-bond donors (Lipinski definition) is 1. The Hall–Kier alpha value is -1.74. The van der Waals surface area contributed by atoms with Gasteiger partial charge in [-0.25, -0.2) is 0 Å². The Morgan fingerprint density at radius 3 is 2.67 bits per heavy atom. The standard InChI is InChI=1S/C15H18F3N3/c1-10-3-2-4-13(9-20)21(10)14-6-5-12(15(16,17)18)7-11(14)8-19/h5-7,10,13H,2-4,9,20H2,1H3. The Kier molecular flexibility index (Phi) is 4.43. The molecule has 0 radical (unpaired) electrons. The zero-order chi connectivity index (χ0) is 15.6. The molecule has 2 rings (SSSR count). The summed E-state index contributed by atoms with van der Waals surface area (Å²) in [5.74, 6) is 0. The van der Waals surface area contributed by atoms with Gasteiger partial charge in [0.15, 0.2) is 0 Å². The predicted octanol–water partition coefficient (Wildman–Crippen LogP) is 3.28. The number of anilines is 1. The molecule has 1 aromatic carbocycles. The molecular formula is C15H18F3N3. The zero-order valence-corrected chi connectivity index (χ0v) is 11.8. The van der Waals surface area contributed by atoms with Crippen molar-refractivity contribution in [2.24, 2.45) is 5.73 Å². The lowest BCUT2D eigenvalue weighted by Gasteiger charge is -2.42.